The fraction of sp³-hybridized carbons (Fsp3) is 0.143. The number of carbonyl (C=O) groups is 1. The van der Waals surface area contributed by atoms with Crippen LogP contribution in [-0.4, -0.2) is 17.5 Å². The molecule has 1 aliphatic heterocycles. The number of fused-ring (bicyclic) bond motifs is 1. The Hall–Kier alpha value is -2.07. The maximum absolute atomic E-state index is 12.3. The lowest BCUT2D eigenvalue weighted by Gasteiger charge is -2.09. The van der Waals surface area contributed by atoms with E-state index in [2.05, 4.69) is 10.3 Å². The number of benzene rings is 1. The summed E-state index contributed by atoms with van der Waals surface area (Å²) < 4.78 is 5.51. The third-order valence-electron chi connectivity index (χ3n) is 2.93. The molecular formula is C14H11ClN2O2. The summed E-state index contributed by atoms with van der Waals surface area (Å²) in [5.41, 5.74) is 2.14. The van der Waals surface area contributed by atoms with Crippen LogP contribution in [0, 0.1) is 0 Å². The average molecular weight is 275 g/mol. The molecule has 0 fully saturated rings. The van der Waals surface area contributed by atoms with Gasteiger partial charge in [-0.2, -0.15) is 0 Å². The molecule has 1 aromatic heterocycles. The Morgan fingerprint density at radius 1 is 1.32 bits per heavy atom. The first-order valence-corrected chi connectivity index (χ1v) is 6.28. The molecule has 0 aliphatic carbocycles. The second kappa shape index (κ2) is 4.90. The van der Waals surface area contributed by atoms with Crippen molar-refractivity contribution in [2.45, 2.75) is 6.42 Å². The van der Waals surface area contributed by atoms with Crippen molar-refractivity contribution >= 4 is 23.2 Å². The molecule has 0 saturated heterocycles. The predicted octanol–water partition coefficient (Wildman–Crippen LogP) is 2.92. The second-order valence-electron chi connectivity index (χ2n) is 4.23. The summed E-state index contributed by atoms with van der Waals surface area (Å²) in [6.07, 6.45) is 4.02. The van der Waals surface area contributed by atoms with Gasteiger partial charge in [-0.3, -0.25) is 9.78 Å². The van der Waals surface area contributed by atoms with Gasteiger partial charge in [0.25, 0.3) is 5.91 Å². The van der Waals surface area contributed by atoms with E-state index in [0.717, 1.165) is 12.0 Å². The Labute approximate surface area is 115 Å². The van der Waals surface area contributed by atoms with E-state index in [1.807, 2.05) is 6.07 Å². The molecule has 0 unspecified atom stereocenters. The smallest absolute Gasteiger partial charge is 0.259 e. The van der Waals surface area contributed by atoms with E-state index < -0.39 is 0 Å². The summed E-state index contributed by atoms with van der Waals surface area (Å²) in [6, 6.07) is 6.92. The van der Waals surface area contributed by atoms with Crippen LogP contribution in [0.2, 0.25) is 5.02 Å². The molecule has 3 rings (SSSR count). The van der Waals surface area contributed by atoms with Gasteiger partial charge in [0.15, 0.2) is 0 Å². The molecule has 1 amide bonds. The summed E-state index contributed by atoms with van der Waals surface area (Å²) in [4.78, 5) is 16.2. The number of pyridine rings is 1. The fourth-order valence-corrected chi connectivity index (χ4v) is 2.31. The van der Waals surface area contributed by atoms with Crippen molar-refractivity contribution in [1.29, 1.82) is 0 Å². The minimum absolute atomic E-state index is 0.230. The molecule has 19 heavy (non-hydrogen) atoms. The zero-order valence-corrected chi connectivity index (χ0v) is 10.8. The number of carbonyl (C=O) groups excluding carboxylic acids is 1. The van der Waals surface area contributed by atoms with Crippen LogP contribution in [0.25, 0.3) is 0 Å². The zero-order valence-electron chi connectivity index (χ0n) is 10.0. The molecular weight excluding hydrogens is 264 g/mol. The maximum atomic E-state index is 12.3. The Morgan fingerprint density at radius 3 is 2.89 bits per heavy atom. The van der Waals surface area contributed by atoms with E-state index in [1.165, 1.54) is 0 Å². The first-order chi connectivity index (χ1) is 9.24. The number of nitrogens with one attached hydrogen (secondary N) is 1. The van der Waals surface area contributed by atoms with Crippen LogP contribution in [0.5, 0.6) is 5.75 Å². The Balaban J connectivity index is 1.92. The lowest BCUT2D eigenvalue weighted by atomic mass is 10.1. The molecule has 1 aromatic carbocycles. The number of amides is 1. The quantitative estimate of drug-likeness (QED) is 0.916. The minimum Gasteiger partial charge on any atom is -0.492 e. The molecule has 0 bridgehead atoms. The first kappa shape index (κ1) is 12.0. The largest absolute Gasteiger partial charge is 0.492 e. The van der Waals surface area contributed by atoms with Gasteiger partial charge in [0.05, 0.1) is 12.2 Å². The number of halogens is 1. The third kappa shape index (κ3) is 2.39. The van der Waals surface area contributed by atoms with E-state index in [0.29, 0.717) is 28.6 Å². The van der Waals surface area contributed by atoms with Crippen LogP contribution in [0.3, 0.4) is 0 Å². The highest BCUT2D eigenvalue weighted by atomic mass is 35.5. The number of nitrogens with zero attached hydrogens (tertiary/aromatic N) is 1. The van der Waals surface area contributed by atoms with Crippen molar-refractivity contribution in [3.63, 3.8) is 0 Å². The van der Waals surface area contributed by atoms with Gasteiger partial charge in [0, 0.05) is 29.5 Å². The van der Waals surface area contributed by atoms with Gasteiger partial charge in [-0.25, -0.2) is 0 Å². The van der Waals surface area contributed by atoms with Gasteiger partial charge >= 0.3 is 0 Å². The maximum Gasteiger partial charge on any atom is 0.259 e. The van der Waals surface area contributed by atoms with Crippen molar-refractivity contribution in [1.82, 2.24) is 4.98 Å². The van der Waals surface area contributed by atoms with Gasteiger partial charge in [0.2, 0.25) is 0 Å². The van der Waals surface area contributed by atoms with Crippen molar-refractivity contribution in [2.75, 3.05) is 11.9 Å². The van der Waals surface area contributed by atoms with E-state index >= 15 is 0 Å². The molecule has 0 saturated carbocycles. The van der Waals surface area contributed by atoms with E-state index in [9.17, 15) is 4.79 Å². The van der Waals surface area contributed by atoms with E-state index in [-0.39, 0.29) is 5.91 Å². The minimum atomic E-state index is -0.230. The molecule has 0 radical (unpaired) electrons. The van der Waals surface area contributed by atoms with Crippen molar-refractivity contribution in [3.8, 4) is 5.75 Å². The summed E-state index contributed by atoms with van der Waals surface area (Å²) in [5, 5.41) is 3.34. The SMILES string of the molecule is O=C(Nc1ccncc1)c1cc(Cl)cc2c1OCC2. The average Bonchev–Trinajstić information content (AvgIpc) is 2.86. The van der Waals surface area contributed by atoms with Gasteiger partial charge in [-0.15, -0.1) is 0 Å². The van der Waals surface area contributed by atoms with E-state index in [4.69, 9.17) is 16.3 Å². The van der Waals surface area contributed by atoms with E-state index in [1.54, 1.807) is 30.6 Å². The molecule has 1 aliphatic rings. The van der Waals surface area contributed by atoms with Crippen LogP contribution >= 0.6 is 11.6 Å². The Kier molecular flexibility index (Phi) is 3.09. The summed E-state index contributed by atoms with van der Waals surface area (Å²) in [6.45, 7) is 0.589. The molecule has 4 nitrogen and oxygen atoms in total. The highest BCUT2D eigenvalue weighted by Gasteiger charge is 2.22. The van der Waals surface area contributed by atoms with Gasteiger partial charge in [-0.1, -0.05) is 11.6 Å². The zero-order chi connectivity index (χ0) is 13.2. The molecule has 0 spiro atoms. The third-order valence-corrected chi connectivity index (χ3v) is 3.15. The van der Waals surface area contributed by atoms with Crippen LogP contribution in [-0.2, 0) is 6.42 Å². The number of hydrogen-bond acceptors (Lipinski definition) is 3. The molecule has 96 valence electrons. The van der Waals surface area contributed by atoms with Crippen LogP contribution in [0.4, 0.5) is 5.69 Å². The van der Waals surface area contributed by atoms with Crippen LogP contribution < -0.4 is 10.1 Å². The van der Waals surface area contributed by atoms with Crippen LogP contribution in [0.15, 0.2) is 36.7 Å². The Morgan fingerprint density at radius 2 is 2.11 bits per heavy atom. The first-order valence-electron chi connectivity index (χ1n) is 5.90. The monoisotopic (exact) mass is 274 g/mol. The number of anilines is 1. The highest BCUT2D eigenvalue weighted by molar-refractivity contribution is 6.31. The molecule has 0 atom stereocenters. The summed E-state index contributed by atoms with van der Waals surface area (Å²) in [7, 11) is 0. The standard InChI is InChI=1S/C14H11ClN2O2/c15-10-7-9-3-6-19-13(9)12(8-10)14(18)17-11-1-4-16-5-2-11/h1-2,4-5,7-8H,3,6H2,(H,16,17,18). The number of aromatic nitrogens is 1. The number of hydrogen-bond donors (Lipinski definition) is 1. The molecule has 2 heterocycles. The number of rotatable bonds is 2. The lowest BCUT2D eigenvalue weighted by Crippen LogP contribution is -2.13. The molecule has 2 aromatic rings. The fourth-order valence-electron chi connectivity index (χ4n) is 2.07. The topological polar surface area (TPSA) is 51.2 Å². The summed E-state index contributed by atoms with van der Waals surface area (Å²) in [5.74, 6) is 0.405. The second-order valence-corrected chi connectivity index (χ2v) is 4.67. The highest BCUT2D eigenvalue weighted by Crippen LogP contribution is 2.33. The Bertz CT molecular complexity index is 629. The normalized spacial score (nSPS) is 12.7. The van der Waals surface area contributed by atoms with Gasteiger partial charge < -0.3 is 10.1 Å². The molecule has 1 N–H and O–H groups in total. The van der Waals surface area contributed by atoms with Gasteiger partial charge in [-0.05, 0) is 29.8 Å². The van der Waals surface area contributed by atoms with Crippen molar-refractivity contribution < 1.29 is 9.53 Å². The lowest BCUT2D eigenvalue weighted by molar-refractivity contribution is 0.102. The predicted molar refractivity (Wildman–Crippen MR) is 72.8 cm³/mol. The molecule has 5 heteroatoms. The van der Waals surface area contributed by atoms with Crippen LogP contribution in [0.1, 0.15) is 15.9 Å². The van der Waals surface area contributed by atoms with Crippen molar-refractivity contribution in [2.24, 2.45) is 0 Å². The van der Waals surface area contributed by atoms with Gasteiger partial charge in [0.1, 0.15) is 5.75 Å². The number of ether oxygens (including phenoxy) is 1. The van der Waals surface area contributed by atoms with Crippen molar-refractivity contribution in [3.05, 3.63) is 52.8 Å². The summed E-state index contributed by atoms with van der Waals surface area (Å²) >= 11 is 6.03.